The zero-order chi connectivity index (χ0) is 14.5. The third-order valence-electron chi connectivity index (χ3n) is 4.72. The summed E-state index contributed by atoms with van der Waals surface area (Å²) in [5, 5.41) is 6.77. The number of aliphatic imine (C=N–C) groups is 1. The number of fused-ring (bicyclic) bond motifs is 3. The van der Waals surface area contributed by atoms with Gasteiger partial charge in [-0.05, 0) is 19.8 Å². The summed E-state index contributed by atoms with van der Waals surface area (Å²) in [5.41, 5.74) is 0. The molecule has 4 heterocycles. The van der Waals surface area contributed by atoms with E-state index in [1.165, 1.54) is 39.1 Å². The smallest absolute Gasteiger partial charge is 0.191 e. The van der Waals surface area contributed by atoms with Gasteiger partial charge in [-0.25, -0.2) is 0 Å². The maximum absolute atomic E-state index is 5.66. The molecule has 0 spiro atoms. The first-order valence-corrected chi connectivity index (χ1v) is 8.45. The van der Waals surface area contributed by atoms with Crippen LogP contribution in [0.25, 0.3) is 0 Å². The maximum Gasteiger partial charge on any atom is 0.191 e. The summed E-state index contributed by atoms with van der Waals surface area (Å²) in [5.74, 6) is 0.936. The molecule has 2 unspecified atom stereocenters. The molecule has 4 saturated heterocycles. The van der Waals surface area contributed by atoms with Crippen LogP contribution in [0, 0.1) is 0 Å². The molecule has 0 amide bonds. The summed E-state index contributed by atoms with van der Waals surface area (Å²) >= 11 is 0. The minimum Gasteiger partial charge on any atom is -0.376 e. The van der Waals surface area contributed by atoms with E-state index in [0.29, 0.717) is 12.1 Å². The van der Waals surface area contributed by atoms with Crippen LogP contribution in [0.5, 0.6) is 0 Å². The first-order chi connectivity index (χ1) is 10.3. The minimum atomic E-state index is 0. The summed E-state index contributed by atoms with van der Waals surface area (Å²) in [6, 6.07) is 0.589. The number of rotatable bonds is 5. The van der Waals surface area contributed by atoms with Crippen LogP contribution >= 0.6 is 24.0 Å². The van der Waals surface area contributed by atoms with Crippen LogP contribution in [-0.4, -0.2) is 86.9 Å². The second kappa shape index (κ2) is 9.24. The molecule has 2 atom stereocenters. The molecule has 2 bridgehead atoms. The first kappa shape index (κ1) is 18.2. The van der Waals surface area contributed by atoms with Gasteiger partial charge in [-0.2, -0.15) is 0 Å². The zero-order valence-corrected chi connectivity index (χ0v) is 15.9. The molecule has 4 fully saturated rings. The van der Waals surface area contributed by atoms with E-state index in [-0.39, 0.29) is 24.0 Å². The molecule has 4 rings (SSSR count). The Balaban J connectivity index is 0.00000176. The number of piperazine rings is 3. The van der Waals surface area contributed by atoms with Crippen LogP contribution in [0.1, 0.15) is 19.8 Å². The van der Waals surface area contributed by atoms with Gasteiger partial charge in [0.15, 0.2) is 5.96 Å². The van der Waals surface area contributed by atoms with Crippen LogP contribution in [0.3, 0.4) is 0 Å². The maximum atomic E-state index is 5.66. The highest BCUT2D eigenvalue weighted by atomic mass is 127. The molecule has 6 nitrogen and oxygen atoms in total. The fourth-order valence-corrected chi connectivity index (χ4v) is 3.45. The Bertz CT molecular complexity index is 354. The monoisotopic (exact) mass is 423 g/mol. The van der Waals surface area contributed by atoms with Gasteiger partial charge in [0.05, 0.1) is 12.6 Å². The Labute approximate surface area is 151 Å². The van der Waals surface area contributed by atoms with Gasteiger partial charge in [-0.15, -0.1) is 24.0 Å². The molecule has 4 aliphatic rings. The Hall–Kier alpha value is -0.120. The van der Waals surface area contributed by atoms with Gasteiger partial charge in [0, 0.05) is 58.5 Å². The molecule has 128 valence electrons. The van der Waals surface area contributed by atoms with E-state index in [1.807, 2.05) is 0 Å². The van der Waals surface area contributed by atoms with E-state index in [4.69, 9.17) is 9.73 Å². The van der Waals surface area contributed by atoms with Crippen molar-refractivity contribution < 1.29 is 4.74 Å². The van der Waals surface area contributed by atoms with Gasteiger partial charge < -0.3 is 15.4 Å². The fourth-order valence-electron chi connectivity index (χ4n) is 3.45. The van der Waals surface area contributed by atoms with Crippen molar-refractivity contribution in [3.8, 4) is 0 Å². The number of halogens is 1. The molecule has 4 aliphatic heterocycles. The highest BCUT2D eigenvalue weighted by Crippen LogP contribution is 2.15. The zero-order valence-electron chi connectivity index (χ0n) is 13.6. The largest absolute Gasteiger partial charge is 0.376 e. The van der Waals surface area contributed by atoms with E-state index in [2.05, 4.69) is 27.4 Å². The molecule has 2 N–H and O–H groups in total. The molecule has 0 aromatic heterocycles. The lowest BCUT2D eigenvalue weighted by molar-refractivity contribution is 0.0174. The normalized spacial score (nSPS) is 34.3. The highest BCUT2D eigenvalue weighted by Gasteiger charge is 2.31. The van der Waals surface area contributed by atoms with Crippen molar-refractivity contribution in [1.29, 1.82) is 0 Å². The molecule has 0 aliphatic carbocycles. The predicted molar refractivity (Wildman–Crippen MR) is 100 cm³/mol. The molecule has 0 saturated carbocycles. The molecule has 0 radical (unpaired) electrons. The van der Waals surface area contributed by atoms with Gasteiger partial charge in [0.1, 0.15) is 0 Å². The van der Waals surface area contributed by atoms with Crippen LogP contribution in [-0.2, 0) is 4.74 Å². The predicted octanol–water partition coefficient (Wildman–Crippen LogP) is 0.338. The topological polar surface area (TPSA) is 52.1 Å². The SMILES string of the molecule is CCNC(=NCC1CN2CCN1CC2)NCC1CCCO1.I. The average Bonchev–Trinajstić information content (AvgIpc) is 3.05. The van der Waals surface area contributed by atoms with Crippen molar-refractivity contribution in [1.82, 2.24) is 20.4 Å². The number of guanidine groups is 1. The Morgan fingerprint density at radius 1 is 1.23 bits per heavy atom. The van der Waals surface area contributed by atoms with Gasteiger partial charge in [0.2, 0.25) is 0 Å². The second-order valence-electron chi connectivity index (χ2n) is 6.23. The van der Waals surface area contributed by atoms with E-state index in [9.17, 15) is 0 Å². The molecule has 7 heteroatoms. The number of nitrogens with zero attached hydrogens (tertiary/aromatic N) is 3. The number of hydrogen-bond donors (Lipinski definition) is 2. The van der Waals surface area contributed by atoms with Crippen LogP contribution in [0.4, 0.5) is 0 Å². The van der Waals surface area contributed by atoms with Crippen molar-refractivity contribution in [3.63, 3.8) is 0 Å². The molecule has 0 aromatic carbocycles. The summed E-state index contributed by atoms with van der Waals surface area (Å²) in [6.07, 6.45) is 2.71. The lowest BCUT2D eigenvalue weighted by Gasteiger charge is -2.47. The van der Waals surface area contributed by atoms with Gasteiger partial charge in [0.25, 0.3) is 0 Å². The van der Waals surface area contributed by atoms with Crippen LogP contribution in [0.15, 0.2) is 4.99 Å². The van der Waals surface area contributed by atoms with Gasteiger partial charge in [-0.1, -0.05) is 0 Å². The Morgan fingerprint density at radius 2 is 2.05 bits per heavy atom. The molecular formula is C15H30IN5O. The summed E-state index contributed by atoms with van der Waals surface area (Å²) in [4.78, 5) is 9.94. The summed E-state index contributed by atoms with van der Waals surface area (Å²) in [7, 11) is 0. The van der Waals surface area contributed by atoms with Crippen molar-refractivity contribution in [2.45, 2.75) is 31.9 Å². The van der Waals surface area contributed by atoms with Crippen LogP contribution < -0.4 is 10.6 Å². The molecular weight excluding hydrogens is 393 g/mol. The van der Waals surface area contributed by atoms with Crippen molar-refractivity contribution in [2.75, 3.05) is 59.0 Å². The van der Waals surface area contributed by atoms with Crippen LogP contribution in [0.2, 0.25) is 0 Å². The van der Waals surface area contributed by atoms with E-state index < -0.39 is 0 Å². The van der Waals surface area contributed by atoms with Crippen molar-refractivity contribution in [3.05, 3.63) is 0 Å². The number of ether oxygens (including phenoxy) is 1. The Kier molecular flexibility index (Phi) is 7.66. The third-order valence-corrected chi connectivity index (χ3v) is 4.72. The van der Waals surface area contributed by atoms with Crippen molar-refractivity contribution in [2.24, 2.45) is 4.99 Å². The average molecular weight is 423 g/mol. The lowest BCUT2D eigenvalue weighted by atomic mass is 10.1. The summed E-state index contributed by atoms with van der Waals surface area (Å²) < 4.78 is 5.66. The van der Waals surface area contributed by atoms with Gasteiger partial charge >= 0.3 is 0 Å². The van der Waals surface area contributed by atoms with Gasteiger partial charge in [-0.3, -0.25) is 14.8 Å². The third kappa shape index (κ3) is 4.94. The van der Waals surface area contributed by atoms with E-state index in [0.717, 1.165) is 38.6 Å². The van der Waals surface area contributed by atoms with E-state index in [1.54, 1.807) is 0 Å². The van der Waals surface area contributed by atoms with E-state index >= 15 is 0 Å². The highest BCUT2D eigenvalue weighted by molar-refractivity contribution is 14.0. The number of hydrogen-bond acceptors (Lipinski definition) is 4. The quantitative estimate of drug-likeness (QED) is 0.380. The minimum absolute atomic E-state index is 0. The van der Waals surface area contributed by atoms with Crippen molar-refractivity contribution >= 4 is 29.9 Å². The molecule has 0 aromatic rings. The fraction of sp³-hybridized carbons (Fsp3) is 0.933. The number of nitrogens with one attached hydrogen (secondary N) is 2. The first-order valence-electron chi connectivity index (χ1n) is 8.45. The summed E-state index contributed by atoms with van der Waals surface area (Å²) in [6.45, 7) is 11.7. The lowest BCUT2D eigenvalue weighted by Crippen LogP contribution is -2.62. The standard InChI is InChI=1S/C15H29N5O.HI/c1-2-16-15(18-11-14-4-3-9-21-14)17-10-13-12-19-5-7-20(13)8-6-19;/h13-14H,2-12H2,1H3,(H2,16,17,18);1H. The second-order valence-corrected chi connectivity index (χ2v) is 6.23. The molecule has 22 heavy (non-hydrogen) atoms. The Morgan fingerprint density at radius 3 is 2.64 bits per heavy atom.